The van der Waals surface area contributed by atoms with Gasteiger partial charge in [0.05, 0.1) is 5.75 Å². The number of aromatic nitrogens is 1. The number of carbonyl (C=O) groups is 1. The van der Waals surface area contributed by atoms with Crippen LogP contribution >= 0.6 is 0 Å². The predicted molar refractivity (Wildman–Crippen MR) is 102 cm³/mol. The van der Waals surface area contributed by atoms with Crippen LogP contribution in [0.25, 0.3) is 10.9 Å². The zero-order valence-corrected chi connectivity index (χ0v) is 15.1. The second-order valence-corrected chi connectivity index (χ2v) is 7.83. The monoisotopic (exact) mass is 371 g/mol. The van der Waals surface area contributed by atoms with Crippen LogP contribution in [0.5, 0.6) is 0 Å². The van der Waals surface area contributed by atoms with Crippen molar-refractivity contribution in [2.45, 2.75) is 25.3 Å². The first-order valence-electron chi connectivity index (χ1n) is 8.29. The molecule has 0 bridgehead atoms. The van der Waals surface area contributed by atoms with Crippen molar-refractivity contribution >= 4 is 26.8 Å². The fraction of sp³-hybridized carbons (Fsp3) is 0.211. The second kappa shape index (κ2) is 7.72. The molecule has 0 unspecified atom stereocenters. The van der Waals surface area contributed by atoms with E-state index in [0.717, 1.165) is 16.5 Å². The van der Waals surface area contributed by atoms with Crippen LogP contribution in [0, 0.1) is 0 Å². The average Bonchev–Trinajstić information content (AvgIpc) is 3.01. The van der Waals surface area contributed by atoms with E-state index in [1.807, 2.05) is 36.5 Å². The maximum atomic E-state index is 12.1. The number of hydrogen-bond acceptors (Lipinski definition) is 3. The van der Waals surface area contributed by atoms with Crippen LogP contribution in [0.2, 0.25) is 0 Å². The molecule has 0 fully saturated rings. The van der Waals surface area contributed by atoms with Gasteiger partial charge in [0.15, 0.2) is 0 Å². The number of fused-ring (bicyclic) bond motifs is 1. The molecule has 1 heterocycles. The Kier molecular flexibility index (Phi) is 5.39. The van der Waals surface area contributed by atoms with E-state index in [4.69, 9.17) is 5.14 Å². The minimum absolute atomic E-state index is 0.0311. The number of rotatable bonds is 7. The molecule has 7 heteroatoms. The van der Waals surface area contributed by atoms with Crippen molar-refractivity contribution < 1.29 is 13.2 Å². The predicted octanol–water partition coefficient (Wildman–Crippen LogP) is 2.14. The second-order valence-electron chi connectivity index (χ2n) is 6.22. The van der Waals surface area contributed by atoms with Gasteiger partial charge in [-0.3, -0.25) is 4.79 Å². The van der Waals surface area contributed by atoms with Crippen molar-refractivity contribution in [3.05, 3.63) is 71.9 Å². The van der Waals surface area contributed by atoms with Crippen LogP contribution in [0.1, 0.15) is 17.5 Å². The number of sulfonamides is 1. The van der Waals surface area contributed by atoms with Crippen molar-refractivity contribution in [3.63, 3.8) is 0 Å². The molecule has 3 aromatic rings. The Morgan fingerprint density at radius 2 is 1.69 bits per heavy atom. The number of nitrogens with two attached hydrogens (primary N) is 1. The summed E-state index contributed by atoms with van der Waals surface area (Å²) in [6.45, 7) is 1.02. The van der Waals surface area contributed by atoms with Gasteiger partial charge in [0.25, 0.3) is 0 Å². The highest BCUT2D eigenvalue weighted by atomic mass is 32.2. The lowest BCUT2D eigenvalue weighted by atomic mass is 10.1. The minimum Gasteiger partial charge on any atom is -0.352 e. The topological polar surface area (TPSA) is 94.2 Å². The largest absolute Gasteiger partial charge is 0.352 e. The SMILES string of the molecule is NS(=O)(=O)Cc1ccc(CNC(=O)CCn2ccc3ccccc32)cc1. The molecule has 1 aromatic heterocycles. The standard InChI is InChI=1S/C19H21N3O3S/c20-26(24,25)14-16-7-5-15(6-8-16)13-21-19(23)10-12-22-11-9-17-3-1-2-4-18(17)22/h1-9,11H,10,12-14H2,(H,21,23)(H2,20,24,25). The van der Waals surface area contributed by atoms with Gasteiger partial charge in [-0.15, -0.1) is 0 Å². The summed E-state index contributed by atoms with van der Waals surface area (Å²) in [6, 6.07) is 17.1. The normalized spacial score (nSPS) is 11.6. The maximum absolute atomic E-state index is 12.1. The average molecular weight is 371 g/mol. The fourth-order valence-corrected chi connectivity index (χ4v) is 3.49. The Hall–Kier alpha value is -2.64. The van der Waals surface area contributed by atoms with Crippen LogP contribution in [0.4, 0.5) is 0 Å². The van der Waals surface area contributed by atoms with Crippen molar-refractivity contribution in [1.29, 1.82) is 0 Å². The first-order chi connectivity index (χ1) is 12.4. The molecule has 26 heavy (non-hydrogen) atoms. The van der Waals surface area contributed by atoms with E-state index < -0.39 is 10.0 Å². The van der Waals surface area contributed by atoms with E-state index in [1.54, 1.807) is 24.3 Å². The van der Waals surface area contributed by atoms with E-state index in [0.29, 0.717) is 25.1 Å². The van der Waals surface area contributed by atoms with Crippen LogP contribution in [0.3, 0.4) is 0 Å². The third kappa shape index (κ3) is 4.93. The van der Waals surface area contributed by atoms with Gasteiger partial charge in [0.2, 0.25) is 15.9 Å². The zero-order chi connectivity index (χ0) is 18.6. The Balaban J connectivity index is 1.49. The number of nitrogens with one attached hydrogen (secondary N) is 1. The number of aryl methyl sites for hydroxylation is 1. The summed E-state index contributed by atoms with van der Waals surface area (Å²) in [6.07, 6.45) is 2.38. The zero-order valence-electron chi connectivity index (χ0n) is 14.3. The number of nitrogens with zero attached hydrogens (tertiary/aromatic N) is 1. The number of primary sulfonamides is 1. The highest BCUT2D eigenvalue weighted by Crippen LogP contribution is 2.15. The molecule has 2 aromatic carbocycles. The third-order valence-corrected chi connectivity index (χ3v) is 4.88. The molecule has 0 saturated carbocycles. The minimum atomic E-state index is -3.53. The number of carbonyl (C=O) groups excluding carboxylic acids is 1. The molecule has 3 rings (SSSR count). The maximum Gasteiger partial charge on any atom is 0.222 e. The Labute approximate surface area is 152 Å². The summed E-state index contributed by atoms with van der Waals surface area (Å²) < 4.78 is 24.2. The lowest BCUT2D eigenvalue weighted by Crippen LogP contribution is -2.23. The van der Waals surface area contributed by atoms with Gasteiger partial charge in [-0.05, 0) is 28.6 Å². The third-order valence-electron chi connectivity index (χ3n) is 4.14. The molecular formula is C19H21N3O3S. The highest BCUT2D eigenvalue weighted by molar-refractivity contribution is 7.88. The summed E-state index contributed by atoms with van der Waals surface area (Å²) in [5.74, 6) is -0.221. The molecule has 0 aliphatic carbocycles. The lowest BCUT2D eigenvalue weighted by Gasteiger charge is -2.08. The molecule has 0 spiro atoms. The van der Waals surface area contributed by atoms with E-state index in [9.17, 15) is 13.2 Å². The molecule has 3 N–H and O–H groups in total. The molecule has 0 saturated heterocycles. The van der Waals surface area contributed by atoms with Crippen LogP contribution in [-0.4, -0.2) is 18.9 Å². The van der Waals surface area contributed by atoms with E-state index >= 15 is 0 Å². The van der Waals surface area contributed by atoms with Crippen molar-refractivity contribution in [2.24, 2.45) is 5.14 Å². The number of benzene rings is 2. The van der Waals surface area contributed by atoms with Gasteiger partial charge < -0.3 is 9.88 Å². The van der Waals surface area contributed by atoms with E-state index in [1.165, 1.54) is 0 Å². The van der Waals surface area contributed by atoms with E-state index in [2.05, 4.69) is 9.88 Å². The molecule has 0 atom stereocenters. The number of para-hydroxylation sites is 1. The molecule has 1 amide bonds. The van der Waals surface area contributed by atoms with Gasteiger partial charge in [-0.1, -0.05) is 42.5 Å². The summed E-state index contributed by atoms with van der Waals surface area (Å²) in [5.41, 5.74) is 2.65. The van der Waals surface area contributed by atoms with Crippen LogP contribution in [0.15, 0.2) is 60.8 Å². The van der Waals surface area contributed by atoms with Crippen molar-refractivity contribution in [2.75, 3.05) is 0 Å². The molecule has 136 valence electrons. The lowest BCUT2D eigenvalue weighted by molar-refractivity contribution is -0.121. The Bertz CT molecular complexity index is 1010. The summed E-state index contributed by atoms with van der Waals surface area (Å²) in [7, 11) is -3.53. The van der Waals surface area contributed by atoms with Crippen molar-refractivity contribution in [1.82, 2.24) is 9.88 Å². The molecule has 0 aliphatic heterocycles. The number of amides is 1. The molecular weight excluding hydrogens is 350 g/mol. The van der Waals surface area contributed by atoms with Gasteiger partial charge >= 0.3 is 0 Å². The first-order valence-corrected chi connectivity index (χ1v) is 10.0. The molecule has 0 aliphatic rings. The summed E-state index contributed by atoms with van der Waals surface area (Å²) in [5, 5.41) is 9.07. The smallest absolute Gasteiger partial charge is 0.222 e. The summed E-state index contributed by atoms with van der Waals surface area (Å²) >= 11 is 0. The molecule has 6 nitrogen and oxygen atoms in total. The first kappa shape index (κ1) is 18.2. The Morgan fingerprint density at radius 3 is 2.42 bits per heavy atom. The van der Waals surface area contributed by atoms with E-state index in [-0.39, 0.29) is 11.7 Å². The number of hydrogen-bond donors (Lipinski definition) is 2. The summed E-state index contributed by atoms with van der Waals surface area (Å²) in [4.78, 5) is 12.1. The van der Waals surface area contributed by atoms with Gasteiger partial charge in [-0.25, -0.2) is 13.6 Å². The fourth-order valence-electron chi connectivity index (χ4n) is 2.83. The van der Waals surface area contributed by atoms with Crippen LogP contribution in [-0.2, 0) is 33.7 Å². The van der Waals surface area contributed by atoms with Crippen molar-refractivity contribution in [3.8, 4) is 0 Å². The molecule has 0 radical (unpaired) electrons. The Morgan fingerprint density at radius 1 is 1.00 bits per heavy atom. The quantitative estimate of drug-likeness (QED) is 0.666. The van der Waals surface area contributed by atoms with Gasteiger partial charge in [-0.2, -0.15) is 0 Å². The van der Waals surface area contributed by atoms with Gasteiger partial charge in [0.1, 0.15) is 0 Å². The van der Waals surface area contributed by atoms with Crippen LogP contribution < -0.4 is 10.5 Å². The highest BCUT2D eigenvalue weighted by Gasteiger charge is 2.06. The van der Waals surface area contributed by atoms with Gasteiger partial charge in [0, 0.05) is 31.2 Å².